The molecule has 1 aromatic heterocycles. The second kappa shape index (κ2) is 13.6. The molecular formula is C31H31ClN2O5. The number of halogens is 1. The highest BCUT2D eigenvalue weighted by Crippen LogP contribution is 2.40. The summed E-state index contributed by atoms with van der Waals surface area (Å²) in [6.07, 6.45) is -0.513. The van der Waals surface area contributed by atoms with Crippen LogP contribution >= 0.6 is 11.6 Å². The number of aromatic nitrogens is 2. The fraction of sp³-hybridized carbons (Fsp3) is 0.290. The zero-order valence-electron chi connectivity index (χ0n) is 21.7. The zero-order chi connectivity index (χ0) is 26.9. The smallest absolute Gasteiger partial charge is 0.239 e. The summed E-state index contributed by atoms with van der Waals surface area (Å²) in [5, 5.41) is 0.231. The summed E-state index contributed by atoms with van der Waals surface area (Å²) in [7, 11) is 1.53. The van der Waals surface area contributed by atoms with E-state index in [4.69, 9.17) is 35.3 Å². The van der Waals surface area contributed by atoms with Gasteiger partial charge >= 0.3 is 0 Å². The van der Waals surface area contributed by atoms with Crippen molar-refractivity contribution in [2.24, 2.45) is 0 Å². The molecule has 5 rings (SSSR count). The van der Waals surface area contributed by atoms with Crippen molar-refractivity contribution in [3.63, 3.8) is 0 Å². The van der Waals surface area contributed by atoms with Crippen LogP contribution in [0.25, 0.3) is 0 Å². The lowest BCUT2D eigenvalue weighted by Crippen LogP contribution is -2.38. The Morgan fingerprint density at radius 2 is 1.28 bits per heavy atom. The van der Waals surface area contributed by atoms with Crippen LogP contribution in [-0.4, -0.2) is 42.0 Å². The van der Waals surface area contributed by atoms with Crippen LogP contribution < -0.4 is 4.74 Å². The molecule has 0 spiro atoms. The van der Waals surface area contributed by atoms with Gasteiger partial charge in [-0.15, -0.1) is 0 Å². The van der Waals surface area contributed by atoms with Gasteiger partial charge in [-0.2, -0.15) is 4.98 Å². The molecule has 1 aliphatic rings. The third-order valence-electron chi connectivity index (χ3n) is 6.47. The SMILES string of the molecule is COc1nc(Cl)cnc1[C@@H]1O[C@H](COCc2ccccc2)[C@@H](OCc2ccccc2)[C@H]1OCc1ccccc1. The largest absolute Gasteiger partial charge is 0.480 e. The van der Waals surface area contributed by atoms with Crippen molar-refractivity contribution < 1.29 is 23.7 Å². The lowest BCUT2D eigenvalue weighted by molar-refractivity contribution is -0.0898. The molecule has 39 heavy (non-hydrogen) atoms. The van der Waals surface area contributed by atoms with Crippen molar-refractivity contribution in [2.75, 3.05) is 13.7 Å². The van der Waals surface area contributed by atoms with Crippen molar-refractivity contribution in [3.05, 3.63) is 125 Å². The molecule has 1 aliphatic heterocycles. The Morgan fingerprint density at radius 1 is 0.744 bits per heavy atom. The zero-order valence-corrected chi connectivity index (χ0v) is 22.4. The molecule has 1 saturated heterocycles. The molecule has 4 atom stereocenters. The maximum Gasteiger partial charge on any atom is 0.239 e. The van der Waals surface area contributed by atoms with E-state index in [1.165, 1.54) is 13.3 Å². The van der Waals surface area contributed by atoms with E-state index in [1.807, 2.05) is 91.0 Å². The molecule has 0 unspecified atom stereocenters. The Labute approximate surface area is 233 Å². The standard InChI is InChI=1S/C31H31ClN2O5/c1-35-31-27(33-17-26(32)34-31)29-30(38-20-24-15-9-4-10-16-24)28(37-19-23-13-7-3-8-14-23)25(39-29)21-36-18-22-11-5-2-6-12-22/h2-17,25,28-30H,18-21H2,1H3/t25-,28-,29+,30-/m1/s1. The van der Waals surface area contributed by atoms with Crippen LogP contribution in [0.4, 0.5) is 0 Å². The summed E-state index contributed by atoms with van der Waals surface area (Å²) in [6.45, 7) is 1.53. The Hall–Kier alpha value is -3.33. The van der Waals surface area contributed by atoms with Gasteiger partial charge in [-0.1, -0.05) is 103 Å². The van der Waals surface area contributed by atoms with Gasteiger partial charge in [0.15, 0.2) is 5.15 Å². The number of hydrogen-bond donors (Lipinski definition) is 0. The fourth-order valence-electron chi connectivity index (χ4n) is 4.57. The number of benzene rings is 3. The molecule has 0 radical (unpaired) electrons. The van der Waals surface area contributed by atoms with E-state index >= 15 is 0 Å². The van der Waals surface area contributed by atoms with Gasteiger partial charge in [0.05, 0.1) is 39.7 Å². The van der Waals surface area contributed by atoms with E-state index in [2.05, 4.69) is 9.97 Å². The number of ether oxygens (including phenoxy) is 5. The van der Waals surface area contributed by atoms with E-state index in [9.17, 15) is 0 Å². The first-order valence-electron chi connectivity index (χ1n) is 12.9. The van der Waals surface area contributed by atoms with Gasteiger partial charge in [0.1, 0.15) is 30.1 Å². The first-order valence-corrected chi connectivity index (χ1v) is 13.2. The fourth-order valence-corrected chi connectivity index (χ4v) is 4.70. The molecule has 7 nitrogen and oxygen atoms in total. The summed E-state index contributed by atoms with van der Waals surface area (Å²) >= 11 is 6.11. The summed E-state index contributed by atoms with van der Waals surface area (Å²) in [5.74, 6) is 0.286. The minimum Gasteiger partial charge on any atom is -0.480 e. The minimum absolute atomic E-state index is 0.231. The van der Waals surface area contributed by atoms with Crippen molar-refractivity contribution in [1.82, 2.24) is 9.97 Å². The van der Waals surface area contributed by atoms with Gasteiger partial charge in [-0.25, -0.2) is 4.98 Å². The molecule has 2 heterocycles. The molecule has 0 bridgehead atoms. The summed E-state index contributed by atoms with van der Waals surface area (Å²) in [4.78, 5) is 8.84. The Kier molecular flexibility index (Phi) is 9.53. The molecule has 4 aromatic rings. The van der Waals surface area contributed by atoms with Crippen LogP contribution in [0, 0.1) is 0 Å². The maximum atomic E-state index is 6.57. The molecule has 202 valence electrons. The van der Waals surface area contributed by atoms with Gasteiger partial charge in [0.25, 0.3) is 0 Å². The second-order valence-electron chi connectivity index (χ2n) is 9.21. The molecule has 0 amide bonds. The Balaban J connectivity index is 1.41. The highest BCUT2D eigenvalue weighted by atomic mass is 35.5. The summed E-state index contributed by atoms with van der Waals surface area (Å²) in [5.41, 5.74) is 3.67. The van der Waals surface area contributed by atoms with Crippen LogP contribution in [0.1, 0.15) is 28.5 Å². The Morgan fingerprint density at radius 3 is 1.85 bits per heavy atom. The summed E-state index contributed by atoms with van der Waals surface area (Å²) < 4.78 is 31.2. The quantitative estimate of drug-likeness (QED) is 0.217. The minimum atomic E-state index is -0.612. The predicted molar refractivity (Wildman–Crippen MR) is 147 cm³/mol. The van der Waals surface area contributed by atoms with E-state index < -0.39 is 24.4 Å². The van der Waals surface area contributed by atoms with Crippen LogP contribution in [0.3, 0.4) is 0 Å². The Bertz CT molecular complexity index is 1300. The average Bonchev–Trinajstić information content (AvgIpc) is 3.33. The molecular weight excluding hydrogens is 516 g/mol. The number of nitrogens with zero attached hydrogens (tertiary/aromatic N) is 2. The van der Waals surface area contributed by atoms with Gasteiger partial charge < -0.3 is 23.7 Å². The van der Waals surface area contributed by atoms with E-state index in [1.54, 1.807) is 0 Å². The molecule has 0 saturated carbocycles. The third kappa shape index (κ3) is 7.20. The van der Waals surface area contributed by atoms with Crippen molar-refractivity contribution in [2.45, 2.75) is 44.2 Å². The van der Waals surface area contributed by atoms with Crippen molar-refractivity contribution in [1.29, 1.82) is 0 Å². The van der Waals surface area contributed by atoms with Crippen molar-refractivity contribution in [3.8, 4) is 5.88 Å². The molecule has 0 aliphatic carbocycles. The highest BCUT2D eigenvalue weighted by Gasteiger charge is 2.49. The first-order chi connectivity index (χ1) is 19.2. The highest BCUT2D eigenvalue weighted by molar-refractivity contribution is 6.29. The predicted octanol–water partition coefficient (Wildman–Crippen LogP) is 5.97. The van der Waals surface area contributed by atoms with Crippen LogP contribution in [-0.2, 0) is 38.8 Å². The molecule has 8 heteroatoms. The van der Waals surface area contributed by atoms with Gasteiger partial charge in [-0.05, 0) is 16.7 Å². The monoisotopic (exact) mass is 546 g/mol. The van der Waals surface area contributed by atoms with Crippen LogP contribution in [0.15, 0.2) is 97.2 Å². The van der Waals surface area contributed by atoms with Gasteiger partial charge in [0, 0.05) is 0 Å². The lowest BCUT2D eigenvalue weighted by atomic mass is 10.0. The normalized spacial score (nSPS) is 20.7. The first kappa shape index (κ1) is 27.2. The lowest BCUT2D eigenvalue weighted by Gasteiger charge is -2.25. The summed E-state index contributed by atoms with van der Waals surface area (Å²) in [6, 6.07) is 30.0. The molecule has 1 fully saturated rings. The van der Waals surface area contributed by atoms with E-state index in [0.717, 1.165) is 16.7 Å². The van der Waals surface area contributed by atoms with E-state index in [0.29, 0.717) is 32.1 Å². The number of rotatable bonds is 12. The topological polar surface area (TPSA) is 71.9 Å². The van der Waals surface area contributed by atoms with Crippen molar-refractivity contribution >= 4 is 11.6 Å². The van der Waals surface area contributed by atoms with Crippen LogP contribution in [0.5, 0.6) is 5.88 Å². The molecule has 0 N–H and O–H groups in total. The maximum absolute atomic E-state index is 6.57. The number of methoxy groups -OCH3 is 1. The second-order valence-corrected chi connectivity index (χ2v) is 9.59. The van der Waals surface area contributed by atoms with Gasteiger partial charge in [0.2, 0.25) is 5.88 Å². The van der Waals surface area contributed by atoms with E-state index in [-0.39, 0.29) is 11.0 Å². The van der Waals surface area contributed by atoms with Crippen LogP contribution in [0.2, 0.25) is 5.15 Å². The average molecular weight is 547 g/mol. The van der Waals surface area contributed by atoms with Gasteiger partial charge in [-0.3, -0.25) is 0 Å². The third-order valence-corrected chi connectivity index (χ3v) is 6.66. The molecule has 3 aromatic carbocycles. The number of hydrogen-bond acceptors (Lipinski definition) is 7.